The van der Waals surface area contributed by atoms with Crippen molar-refractivity contribution in [2.24, 2.45) is 0 Å². The van der Waals surface area contributed by atoms with Crippen molar-refractivity contribution in [3.8, 4) is 0 Å². The van der Waals surface area contributed by atoms with Crippen molar-refractivity contribution in [2.75, 3.05) is 18.1 Å². The van der Waals surface area contributed by atoms with Crippen LogP contribution in [-0.2, 0) is 9.53 Å². The van der Waals surface area contributed by atoms with Gasteiger partial charge in [-0.05, 0) is 46.8 Å². The molecule has 1 atom stereocenters. The molecule has 0 saturated heterocycles. The molecular weight excluding hydrogens is 280 g/mol. The van der Waals surface area contributed by atoms with E-state index in [9.17, 15) is 4.79 Å². The van der Waals surface area contributed by atoms with Crippen LogP contribution in [0.4, 0.5) is 0 Å². The summed E-state index contributed by atoms with van der Waals surface area (Å²) in [6.07, 6.45) is 0.166. The van der Waals surface area contributed by atoms with E-state index in [-0.39, 0.29) is 24.8 Å². The second-order valence-corrected chi connectivity index (χ2v) is 5.88. The summed E-state index contributed by atoms with van der Waals surface area (Å²) in [6.45, 7) is 10.6. The number of hydrogen-bond acceptors (Lipinski definition) is 6. The van der Waals surface area contributed by atoms with Gasteiger partial charge in [0.05, 0.1) is 11.9 Å². The van der Waals surface area contributed by atoms with Crippen LogP contribution >= 0.6 is 11.8 Å². The van der Waals surface area contributed by atoms with Crippen molar-refractivity contribution >= 4 is 17.7 Å². The molecule has 6 heteroatoms. The minimum atomic E-state index is -0.565. The second kappa shape index (κ2) is 18.7. The molecule has 0 amide bonds. The van der Waals surface area contributed by atoms with Crippen molar-refractivity contribution in [2.45, 2.75) is 66.3 Å². The summed E-state index contributed by atoms with van der Waals surface area (Å²) in [6, 6.07) is 0. The minimum Gasteiger partial charge on any atom is -0.462 e. The highest BCUT2D eigenvalue weighted by atomic mass is 32.2. The van der Waals surface area contributed by atoms with Crippen LogP contribution in [0.3, 0.4) is 0 Å². The standard InChI is InChI=1S/C8H16O3S.2C3H8O/c1-3-4-12-6-8(10)11-5-7(2)9;2*1-3(2)4/h7,9H,3-6H2,1-2H3;2*3-4H,1-2H3. The van der Waals surface area contributed by atoms with Gasteiger partial charge in [-0.1, -0.05) is 6.92 Å². The normalized spacial score (nSPS) is 11.2. The maximum Gasteiger partial charge on any atom is 0.315 e. The first kappa shape index (κ1) is 24.7. The molecule has 0 radical (unpaired) electrons. The molecule has 1 unspecified atom stereocenters. The van der Waals surface area contributed by atoms with Gasteiger partial charge in [-0.2, -0.15) is 11.8 Å². The number of aliphatic hydroxyl groups is 3. The Morgan fingerprint density at radius 2 is 1.45 bits per heavy atom. The van der Waals surface area contributed by atoms with Gasteiger partial charge >= 0.3 is 5.97 Å². The Bertz CT molecular complexity index is 184. The summed E-state index contributed by atoms with van der Waals surface area (Å²) >= 11 is 1.56. The number of ether oxygens (including phenoxy) is 1. The van der Waals surface area contributed by atoms with Crippen LogP contribution in [0.1, 0.15) is 48.0 Å². The first-order chi connectivity index (χ1) is 9.13. The zero-order valence-corrected chi connectivity index (χ0v) is 14.4. The third kappa shape index (κ3) is 52.5. The number of carbonyl (C=O) groups excluding carboxylic acids is 1. The van der Waals surface area contributed by atoms with Gasteiger partial charge in [0.1, 0.15) is 6.61 Å². The Morgan fingerprint density at radius 3 is 1.75 bits per heavy atom. The zero-order chi connectivity index (χ0) is 16.6. The second-order valence-electron chi connectivity index (χ2n) is 4.77. The van der Waals surface area contributed by atoms with E-state index in [0.29, 0.717) is 5.75 Å². The predicted octanol–water partition coefficient (Wildman–Crippen LogP) is 1.83. The molecule has 0 aliphatic carbocycles. The number of rotatable bonds is 6. The SMILES string of the molecule is CC(C)O.CC(C)O.CCCSCC(=O)OCC(C)O. The molecule has 0 bridgehead atoms. The Hall–Kier alpha value is -0.300. The van der Waals surface area contributed by atoms with Gasteiger partial charge in [0.25, 0.3) is 0 Å². The molecule has 20 heavy (non-hydrogen) atoms. The quantitative estimate of drug-likeness (QED) is 0.512. The van der Waals surface area contributed by atoms with E-state index in [1.54, 1.807) is 46.4 Å². The van der Waals surface area contributed by atoms with Crippen LogP contribution < -0.4 is 0 Å². The smallest absolute Gasteiger partial charge is 0.315 e. The van der Waals surface area contributed by atoms with Crippen LogP contribution in [0, 0.1) is 0 Å². The molecule has 124 valence electrons. The van der Waals surface area contributed by atoms with Gasteiger partial charge in [-0.25, -0.2) is 0 Å². The molecule has 0 aliphatic rings. The first-order valence-corrected chi connectivity index (χ1v) is 8.06. The van der Waals surface area contributed by atoms with Gasteiger partial charge < -0.3 is 20.1 Å². The van der Waals surface area contributed by atoms with Crippen LogP contribution in [0.2, 0.25) is 0 Å². The molecule has 0 heterocycles. The molecule has 5 nitrogen and oxygen atoms in total. The van der Waals surface area contributed by atoms with E-state index in [2.05, 4.69) is 6.92 Å². The molecule has 0 aromatic carbocycles. The summed E-state index contributed by atoms with van der Waals surface area (Å²) in [7, 11) is 0. The number of aliphatic hydroxyl groups excluding tert-OH is 3. The molecule has 0 spiro atoms. The third-order valence-corrected chi connectivity index (χ3v) is 2.19. The largest absolute Gasteiger partial charge is 0.462 e. The molecule has 0 aromatic heterocycles. The Morgan fingerprint density at radius 1 is 1.05 bits per heavy atom. The average Bonchev–Trinajstić information content (AvgIpc) is 2.25. The van der Waals surface area contributed by atoms with E-state index >= 15 is 0 Å². The fourth-order valence-corrected chi connectivity index (χ4v) is 1.24. The van der Waals surface area contributed by atoms with E-state index in [4.69, 9.17) is 20.1 Å². The molecule has 3 N–H and O–H groups in total. The van der Waals surface area contributed by atoms with Crippen LogP contribution in [0.25, 0.3) is 0 Å². The number of esters is 1. The van der Waals surface area contributed by atoms with Gasteiger partial charge in [0.2, 0.25) is 0 Å². The van der Waals surface area contributed by atoms with Crippen molar-refractivity contribution in [1.29, 1.82) is 0 Å². The van der Waals surface area contributed by atoms with Gasteiger partial charge in [0.15, 0.2) is 0 Å². The molecule has 0 aliphatic heterocycles. The molecule has 0 aromatic rings. The number of hydrogen-bond donors (Lipinski definition) is 3. The van der Waals surface area contributed by atoms with E-state index in [1.165, 1.54) is 0 Å². The number of thioether (sulfide) groups is 1. The van der Waals surface area contributed by atoms with E-state index < -0.39 is 6.10 Å². The van der Waals surface area contributed by atoms with Crippen molar-refractivity contribution in [3.05, 3.63) is 0 Å². The van der Waals surface area contributed by atoms with Crippen molar-refractivity contribution < 1.29 is 24.9 Å². The summed E-state index contributed by atoms with van der Waals surface area (Å²) < 4.78 is 4.74. The predicted molar refractivity (Wildman–Crippen MR) is 85.0 cm³/mol. The molecular formula is C14H32O5S. The fourth-order valence-electron chi connectivity index (χ4n) is 0.555. The first-order valence-electron chi connectivity index (χ1n) is 6.90. The zero-order valence-electron chi connectivity index (χ0n) is 13.6. The Labute approximate surface area is 127 Å². The van der Waals surface area contributed by atoms with Crippen molar-refractivity contribution in [3.63, 3.8) is 0 Å². The van der Waals surface area contributed by atoms with Crippen LogP contribution in [0.15, 0.2) is 0 Å². The van der Waals surface area contributed by atoms with Gasteiger partial charge in [0, 0.05) is 12.2 Å². The molecule has 0 saturated carbocycles. The monoisotopic (exact) mass is 312 g/mol. The highest BCUT2D eigenvalue weighted by Crippen LogP contribution is 2.02. The highest BCUT2D eigenvalue weighted by Gasteiger charge is 2.03. The third-order valence-electron chi connectivity index (χ3n) is 1.05. The molecule has 0 rings (SSSR count). The van der Waals surface area contributed by atoms with Crippen molar-refractivity contribution in [1.82, 2.24) is 0 Å². The summed E-state index contributed by atoms with van der Waals surface area (Å²) in [4.78, 5) is 10.9. The molecule has 0 fully saturated rings. The number of carbonyl (C=O) groups is 1. The summed E-state index contributed by atoms with van der Waals surface area (Å²) in [5, 5.41) is 24.9. The lowest BCUT2D eigenvalue weighted by Gasteiger charge is -2.05. The lowest BCUT2D eigenvalue weighted by molar-refractivity contribution is -0.143. The van der Waals surface area contributed by atoms with E-state index in [0.717, 1.165) is 12.2 Å². The minimum absolute atomic E-state index is 0.103. The van der Waals surface area contributed by atoms with Gasteiger partial charge in [-0.3, -0.25) is 4.79 Å². The topological polar surface area (TPSA) is 87.0 Å². The maximum absolute atomic E-state index is 10.9. The lowest BCUT2D eigenvalue weighted by atomic mass is 10.4. The fraction of sp³-hybridized carbons (Fsp3) is 0.929. The van der Waals surface area contributed by atoms with Gasteiger partial charge in [-0.15, -0.1) is 0 Å². The Balaban J connectivity index is -0.000000297. The average molecular weight is 312 g/mol. The highest BCUT2D eigenvalue weighted by molar-refractivity contribution is 7.99. The Kier molecular flexibility index (Phi) is 23.1. The lowest BCUT2D eigenvalue weighted by Crippen LogP contribution is -2.16. The van der Waals surface area contributed by atoms with Crippen LogP contribution in [-0.4, -0.2) is 57.7 Å². The summed E-state index contributed by atoms with van der Waals surface area (Å²) in [5.74, 6) is 1.12. The summed E-state index contributed by atoms with van der Waals surface area (Å²) in [5.41, 5.74) is 0. The van der Waals surface area contributed by atoms with E-state index in [1.807, 2.05) is 0 Å². The van der Waals surface area contributed by atoms with Crippen LogP contribution in [0.5, 0.6) is 0 Å². The maximum atomic E-state index is 10.9.